The van der Waals surface area contributed by atoms with E-state index in [1.807, 2.05) is 25.1 Å². The average molecular weight is 310 g/mol. The normalized spacial score (nSPS) is 10.4. The largest absolute Gasteiger partial charge is 0.457 e. The van der Waals surface area contributed by atoms with Crippen molar-refractivity contribution in [2.45, 2.75) is 13.5 Å². The molecule has 0 bridgehead atoms. The minimum absolute atomic E-state index is 0.315. The predicted octanol–water partition coefficient (Wildman–Crippen LogP) is 4.15. The molecule has 2 aromatic carbocycles. The van der Waals surface area contributed by atoms with Gasteiger partial charge in [-0.3, -0.25) is 0 Å². The van der Waals surface area contributed by atoms with Gasteiger partial charge in [-0.2, -0.15) is 0 Å². The average Bonchev–Trinajstić information content (AvgIpc) is 2.36. The van der Waals surface area contributed by atoms with Gasteiger partial charge in [0.05, 0.1) is 4.47 Å². The molecule has 0 heterocycles. The molecule has 0 radical (unpaired) electrons. The smallest absolute Gasteiger partial charge is 0.137 e. The third-order valence-electron chi connectivity index (χ3n) is 2.55. The van der Waals surface area contributed by atoms with Crippen molar-refractivity contribution in [1.82, 2.24) is 0 Å². The van der Waals surface area contributed by atoms with Crippen molar-refractivity contribution < 1.29 is 9.13 Å². The van der Waals surface area contributed by atoms with Gasteiger partial charge in [0.1, 0.15) is 17.3 Å². The highest BCUT2D eigenvalue weighted by Crippen LogP contribution is 2.29. The van der Waals surface area contributed by atoms with Crippen molar-refractivity contribution in [3.63, 3.8) is 0 Å². The van der Waals surface area contributed by atoms with Gasteiger partial charge in [0, 0.05) is 12.1 Å². The van der Waals surface area contributed by atoms with Crippen LogP contribution >= 0.6 is 15.9 Å². The van der Waals surface area contributed by atoms with Crippen molar-refractivity contribution in [2.24, 2.45) is 5.73 Å². The molecule has 4 heteroatoms. The van der Waals surface area contributed by atoms with Crippen molar-refractivity contribution in [3.8, 4) is 11.5 Å². The van der Waals surface area contributed by atoms with Crippen LogP contribution in [0, 0.1) is 12.7 Å². The van der Waals surface area contributed by atoms with Gasteiger partial charge in [0.2, 0.25) is 0 Å². The molecule has 0 spiro atoms. The summed E-state index contributed by atoms with van der Waals surface area (Å²) in [6.07, 6.45) is 0. The Hall–Kier alpha value is -1.39. The van der Waals surface area contributed by atoms with Crippen molar-refractivity contribution in [1.29, 1.82) is 0 Å². The molecule has 0 aliphatic carbocycles. The van der Waals surface area contributed by atoms with Crippen LogP contribution in [0.5, 0.6) is 11.5 Å². The Morgan fingerprint density at radius 1 is 1.22 bits per heavy atom. The monoisotopic (exact) mass is 309 g/mol. The molecule has 18 heavy (non-hydrogen) atoms. The number of aryl methyl sites for hydroxylation is 1. The van der Waals surface area contributed by atoms with E-state index in [1.165, 1.54) is 6.07 Å². The number of hydrogen-bond donors (Lipinski definition) is 1. The van der Waals surface area contributed by atoms with Crippen LogP contribution < -0.4 is 10.5 Å². The van der Waals surface area contributed by atoms with Crippen LogP contribution in [-0.2, 0) is 6.54 Å². The molecule has 0 saturated heterocycles. The quantitative estimate of drug-likeness (QED) is 0.924. The Balaban J connectivity index is 2.30. The summed E-state index contributed by atoms with van der Waals surface area (Å²) in [5, 5.41) is 0. The van der Waals surface area contributed by atoms with E-state index >= 15 is 0 Å². The van der Waals surface area contributed by atoms with Crippen LogP contribution in [0.2, 0.25) is 0 Å². The second-order valence-corrected chi connectivity index (χ2v) is 4.85. The molecule has 0 atom stereocenters. The van der Waals surface area contributed by atoms with Crippen LogP contribution in [-0.4, -0.2) is 0 Å². The number of ether oxygens (including phenoxy) is 1. The summed E-state index contributed by atoms with van der Waals surface area (Å²) in [4.78, 5) is 0. The molecule has 2 nitrogen and oxygen atoms in total. The van der Waals surface area contributed by atoms with E-state index in [1.54, 1.807) is 12.1 Å². The van der Waals surface area contributed by atoms with Gasteiger partial charge in [-0.15, -0.1) is 0 Å². The molecule has 0 fully saturated rings. The van der Waals surface area contributed by atoms with E-state index in [9.17, 15) is 4.39 Å². The summed E-state index contributed by atoms with van der Waals surface area (Å²) in [6.45, 7) is 2.40. The Morgan fingerprint density at radius 3 is 2.67 bits per heavy atom. The summed E-state index contributed by atoms with van der Waals surface area (Å²) < 4.78 is 19.2. The molecule has 2 aromatic rings. The molecule has 2 N–H and O–H groups in total. The molecular formula is C14H13BrFNO. The Labute approximate surface area is 114 Å². The molecule has 94 valence electrons. The predicted molar refractivity (Wildman–Crippen MR) is 73.2 cm³/mol. The second-order valence-electron chi connectivity index (χ2n) is 3.99. The molecule has 0 saturated carbocycles. The van der Waals surface area contributed by atoms with Crippen LogP contribution in [0.1, 0.15) is 11.1 Å². The second kappa shape index (κ2) is 5.50. The van der Waals surface area contributed by atoms with Crippen molar-refractivity contribution in [3.05, 3.63) is 57.8 Å². The molecule has 2 rings (SSSR count). The van der Waals surface area contributed by atoms with Gasteiger partial charge in [0.15, 0.2) is 0 Å². The van der Waals surface area contributed by atoms with Gasteiger partial charge in [-0.05, 0) is 47.1 Å². The summed E-state index contributed by atoms with van der Waals surface area (Å²) in [6, 6.07) is 10.3. The minimum Gasteiger partial charge on any atom is -0.457 e. The lowest BCUT2D eigenvalue weighted by Gasteiger charge is -2.11. The third-order valence-corrected chi connectivity index (χ3v) is 3.16. The first-order chi connectivity index (χ1) is 8.60. The summed E-state index contributed by atoms with van der Waals surface area (Å²) >= 11 is 3.13. The Kier molecular flexibility index (Phi) is 3.99. The maximum atomic E-state index is 13.1. The Bertz CT molecular complexity index is 572. The molecule has 0 unspecified atom stereocenters. The molecule has 0 aliphatic heterocycles. The molecule has 0 aliphatic rings. The highest BCUT2D eigenvalue weighted by molar-refractivity contribution is 9.10. The number of rotatable bonds is 3. The van der Waals surface area contributed by atoms with E-state index in [4.69, 9.17) is 10.5 Å². The van der Waals surface area contributed by atoms with Crippen molar-refractivity contribution in [2.75, 3.05) is 0 Å². The Morgan fingerprint density at radius 2 is 2.00 bits per heavy atom. The van der Waals surface area contributed by atoms with Gasteiger partial charge in [0.25, 0.3) is 0 Å². The maximum absolute atomic E-state index is 13.1. The first-order valence-corrected chi connectivity index (χ1v) is 6.32. The fraction of sp³-hybridized carbons (Fsp3) is 0.143. The number of benzene rings is 2. The minimum atomic E-state index is -0.315. The SMILES string of the molecule is Cc1ccc(Oc2ccc(F)c(Br)c2)c(CN)c1. The molecule has 0 aromatic heterocycles. The van der Waals surface area contributed by atoms with Gasteiger partial charge in [-0.25, -0.2) is 4.39 Å². The molecule has 0 amide bonds. The van der Waals surface area contributed by atoms with Gasteiger partial charge < -0.3 is 10.5 Å². The standard InChI is InChI=1S/C14H13BrFNO/c1-9-2-5-14(10(6-9)8-17)18-11-3-4-13(16)12(15)7-11/h2-7H,8,17H2,1H3. The van der Waals surface area contributed by atoms with E-state index < -0.39 is 0 Å². The number of hydrogen-bond acceptors (Lipinski definition) is 2. The third kappa shape index (κ3) is 2.89. The van der Waals surface area contributed by atoms with E-state index in [-0.39, 0.29) is 5.82 Å². The molecular weight excluding hydrogens is 297 g/mol. The lowest BCUT2D eigenvalue weighted by atomic mass is 10.1. The zero-order valence-electron chi connectivity index (χ0n) is 9.91. The fourth-order valence-corrected chi connectivity index (χ4v) is 1.99. The zero-order valence-corrected chi connectivity index (χ0v) is 11.5. The van der Waals surface area contributed by atoms with E-state index in [0.717, 1.165) is 11.1 Å². The topological polar surface area (TPSA) is 35.2 Å². The highest BCUT2D eigenvalue weighted by atomic mass is 79.9. The van der Waals surface area contributed by atoms with Gasteiger partial charge in [-0.1, -0.05) is 17.7 Å². The lowest BCUT2D eigenvalue weighted by Crippen LogP contribution is -2.00. The van der Waals surface area contributed by atoms with Crippen LogP contribution in [0.4, 0.5) is 4.39 Å². The zero-order chi connectivity index (χ0) is 13.1. The highest BCUT2D eigenvalue weighted by Gasteiger charge is 2.06. The van der Waals surface area contributed by atoms with E-state index in [0.29, 0.717) is 22.5 Å². The van der Waals surface area contributed by atoms with Gasteiger partial charge >= 0.3 is 0 Å². The van der Waals surface area contributed by atoms with Crippen LogP contribution in [0.25, 0.3) is 0 Å². The number of halogens is 2. The summed E-state index contributed by atoms with van der Waals surface area (Å²) in [5.74, 6) is 0.953. The maximum Gasteiger partial charge on any atom is 0.137 e. The first kappa shape index (κ1) is 13.1. The van der Waals surface area contributed by atoms with E-state index in [2.05, 4.69) is 15.9 Å². The fourth-order valence-electron chi connectivity index (χ4n) is 1.63. The first-order valence-electron chi connectivity index (χ1n) is 5.52. The summed E-state index contributed by atoms with van der Waals surface area (Å²) in [5.41, 5.74) is 7.73. The van der Waals surface area contributed by atoms with Crippen LogP contribution in [0.3, 0.4) is 0 Å². The lowest BCUT2D eigenvalue weighted by molar-refractivity contribution is 0.473. The number of nitrogens with two attached hydrogens (primary N) is 1. The van der Waals surface area contributed by atoms with Crippen molar-refractivity contribution >= 4 is 15.9 Å². The summed E-state index contributed by atoms with van der Waals surface area (Å²) in [7, 11) is 0. The van der Waals surface area contributed by atoms with Crippen LogP contribution in [0.15, 0.2) is 40.9 Å².